The van der Waals surface area contributed by atoms with Crippen molar-refractivity contribution >= 4 is 6.09 Å². The van der Waals surface area contributed by atoms with Crippen LogP contribution in [0.5, 0.6) is 0 Å². The van der Waals surface area contributed by atoms with Crippen molar-refractivity contribution in [2.75, 3.05) is 13.1 Å². The molecule has 1 heterocycles. The topological polar surface area (TPSA) is 70.6 Å². The highest BCUT2D eigenvalue weighted by Gasteiger charge is 2.30. The van der Waals surface area contributed by atoms with Gasteiger partial charge in [-0.2, -0.15) is 0 Å². The van der Waals surface area contributed by atoms with E-state index >= 15 is 0 Å². The van der Waals surface area contributed by atoms with Crippen molar-refractivity contribution < 1.29 is 14.6 Å². The molecule has 23 heavy (non-hydrogen) atoms. The Kier molecular flexibility index (Phi) is 7.36. The van der Waals surface area contributed by atoms with Crippen LogP contribution < -0.4 is 10.6 Å². The number of carbonyl (C=O) groups is 1. The summed E-state index contributed by atoms with van der Waals surface area (Å²) in [5.41, 5.74) is 0.986. The molecule has 2 unspecified atom stereocenters. The second-order valence-corrected chi connectivity index (χ2v) is 6.32. The Labute approximate surface area is 138 Å². The SMILES string of the molecule is CC1CN[C@H](CCCCCNC(=O)OCc2ccccc2)C1O. The number of alkyl carbamates (subject to hydrolysis) is 1. The van der Waals surface area contributed by atoms with E-state index in [-0.39, 0.29) is 18.2 Å². The van der Waals surface area contributed by atoms with E-state index in [2.05, 4.69) is 17.6 Å². The van der Waals surface area contributed by atoms with Crippen molar-refractivity contribution in [3.05, 3.63) is 35.9 Å². The van der Waals surface area contributed by atoms with E-state index in [9.17, 15) is 9.90 Å². The molecular formula is C18H28N2O3. The summed E-state index contributed by atoms with van der Waals surface area (Å²) in [5.74, 6) is 0.348. The van der Waals surface area contributed by atoms with Gasteiger partial charge in [-0.15, -0.1) is 0 Å². The van der Waals surface area contributed by atoms with Gasteiger partial charge in [0.1, 0.15) is 6.61 Å². The van der Waals surface area contributed by atoms with Gasteiger partial charge in [0, 0.05) is 19.1 Å². The highest BCUT2D eigenvalue weighted by Crippen LogP contribution is 2.18. The summed E-state index contributed by atoms with van der Waals surface area (Å²) in [6.07, 6.45) is 3.43. The van der Waals surface area contributed by atoms with Crippen molar-refractivity contribution in [1.82, 2.24) is 10.6 Å². The Morgan fingerprint density at radius 1 is 1.30 bits per heavy atom. The largest absolute Gasteiger partial charge is 0.445 e. The van der Waals surface area contributed by atoms with Crippen LogP contribution in [-0.4, -0.2) is 36.4 Å². The molecule has 1 fully saturated rings. The fraction of sp³-hybridized carbons (Fsp3) is 0.611. The molecule has 0 spiro atoms. The van der Waals surface area contributed by atoms with Gasteiger partial charge in [0.2, 0.25) is 0 Å². The molecule has 0 aliphatic carbocycles. The second kappa shape index (κ2) is 9.53. The fourth-order valence-corrected chi connectivity index (χ4v) is 2.88. The number of nitrogens with one attached hydrogen (secondary N) is 2. The van der Waals surface area contributed by atoms with Crippen LogP contribution in [0.1, 0.15) is 38.2 Å². The van der Waals surface area contributed by atoms with Gasteiger partial charge < -0.3 is 20.5 Å². The Balaban J connectivity index is 1.46. The molecule has 0 saturated carbocycles. The van der Waals surface area contributed by atoms with E-state index in [1.54, 1.807) is 0 Å². The minimum Gasteiger partial charge on any atom is -0.445 e. The third kappa shape index (κ3) is 6.20. The Hall–Kier alpha value is -1.59. The zero-order valence-corrected chi connectivity index (χ0v) is 13.8. The lowest BCUT2D eigenvalue weighted by atomic mass is 9.99. The normalized spacial score (nSPS) is 23.7. The van der Waals surface area contributed by atoms with Gasteiger partial charge in [0.05, 0.1) is 6.10 Å². The Morgan fingerprint density at radius 3 is 2.78 bits per heavy atom. The first-order valence-electron chi connectivity index (χ1n) is 8.53. The van der Waals surface area contributed by atoms with Crippen molar-refractivity contribution in [1.29, 1.82) is 0 Å². The monoisotopic (exact) mass is 320 g/mol. The Bertz CT molecular complexity index is 467. The predicted octanol–water partition coefficient (Wildman–Crippen LogP) is 2.44. The van der Waals surface area contributed by atoms with Crippen molar-refractivity contribution in [2.45, 2.75) is 51.4 Å². The second-order valence-electron chi connectivity index (χ2n) is 6.32. The number of amides is 1. The van der Waals surface area contributed by atoms with Gasteiger partial charge in [-0.25, -0.2) is 4.79 Å². The molecule has 0 bridgehead atoms. The summed E-state index contributed by atoms with van der Waals surface area (Å²) in [5, 5.41) is 16.1. The van der Waals surface area contributed by atoms with E-state index in [1.807, 2.05) is 30.3 Å². The molecule has 1 aliphatic heterocycles. The maximum atomic E-state index is 11.6. The number of ether oxygens (including phenoxy) is 1. The van der Waals surface area contributed by atoms with E-state index in [4.69, 9.17) is 4.74 Å². The van der Waals surface area contributed by atoms with E-state index < -0.39 is 0 Å². The number of hydrogen-bond donors (Lipinski definition) is 3. The molecule has 1 saturated heterocycles. The van der Waals surface area contributed by atoms with Gasteiger partial charge in [-0.05, 0) is 24.3 Å². The van der Waals surface area contributed by atoms with Gasteiger partial charge in [-0.1, -0.05) is 50.1 Å². The molecule has 0 aromatic heterocycles. The van der Waals surface area contributed by atoms with Crippen LogP contribution in [0.4, 0.5) is 4.79 Å². The molecule has 3 atom stereocenters. The van der Waals surface area contributed by atoms with Crippen LogP contribution in [-0.2, 0) is 11.3 Å². The molecule has 128 valence electrons. The molecule has 3 N–H and O–H groups in total. The smallest absolute Gasteiger partial charge is 0.407 e. The Morgan fingerprint density at radius 2 is 2.09 bits per heavy atom. The highest BCUT2D eigenvalue weighted by atomic mass is 16.5. The van der Waals surface area contributed by atoms with Crippen molar-refractivity contribution in [3.63, 3.8) is 0 Å². The molecule has 0 radical (unpaired) electrons. The molecular weight excluding hydrogens is 292 g/mol. The first-order chi connectivity index (χ1) is 11.2. The van der Waals surface area contributed by atoms with Crippen LogP contribution in [0, 0.1) is 5.92 Å². The minimum absolute atomic E-state index is 0.221. The maximum absolute atomic E-state index is 11.6. The number of aliphatic hydroxyl groups excluding tert-OH is 1. The standard InChI is InChI=1S/C18H28N2O3/c1-14-12-20-16(17(14)21)10-6-3-7-11-19-18(22)23-13-15-8-4-2-5-9-15/h2,4-5,8-9,14,16-17,20-21H,3,6-7,10-13H2,1H3,(H,19,22)/t14?,16-,17?/m1/s1. The van der Waals surface area contributed by atoms with Crippen LogP contribution in [0.2, 0.25) is 0 Å². The van der Waals surface area contributed by atoms with Gasteiger partial charge >= 0.3 is 6.09 Å². The lowest BCUT2D eigenvalue weighted by Gasteiger charge is -2.16. The molecule has 2 rings (SSSR count). The lowest BCUT2D eigenvalue weighted by Crippen LogP contribution is -2.31. The summed E-state index contributed by atoms with van der Waals surface area (Å²) in [4.78, 5) is 11.6. The number of hydrogen-bond acceptors (Lipinski definition) is 4. The molecule has 1 amide bonds. The first-order valence-corrected chi connectivity index (χ1v) is 8.53. The summed E-state index contributed by atoms with van der Waals surface area (Å²) >= 11 is 0. The van der Waals surface area contributed by atoms with Crippen LogP contribution in [0.3, 0.4) is 0 Å². The lowest BCUT2D eigenvalue weighted by molar-refractivity contribution is 0.120. The number of aliphatic hydroxyl groups is 1. The van der Waals surface area contributed by atoms with Gasteiger partial charge in [0.25, 0.3) is 0 Å². The number of carbonyl (C=O) groups excluding carboxylic acids is 1. The van der Waals surface area contributed by atoms with Crippen molar-refractivity contribution in [2.24, 2.45) is 5.92 Å². The molecule has 5 nitrogen and oxygen atoms in total. The first kappa shape index (κ1) is 17.8. The van der Waals surface area contributed by atoms with Crippen LogP contribution in [0.25, 0.3) is 0 Å². The summed E-state index contributed by atoms with van der Waals surface area (Å²) in [6, 6.07) is 9.87. The third-order valence-corrected chi connectivity index (χ3v) is 4.37. The zero-order chi connectivity index (χ0) is 16.5. The molecule has 1 aliphatic rings. The summed E-state index contributed by atoms with van der Waals surface area (Å²) in [6.45, 7) is 3.91. The summed E-state index contributed by atoms with van der Waals surface area (Å²) in [7, 11) is 0. The molecule has 5 heteroatoms. The number of unbranched alkanes of at least 4 members (excludes halogenated alkanes) is 2. The van der Waals surface area contributed by atoms with Crippen molar-refractivity contribution in [3.8, 4) is 0 Å². The van der Waals surface area contributed by atoms with Gasteiger partial charge in [0.15, 0.2) is 0 Å². The average molecular weight is 320 g/mol. The average Bonchev–Trinajstić information content (AvgIpc) is 2.89. The minimum atomic E-state index is -0.365. The highest BCUT2D eigenvalue weighted by molar-refractivity contribution is 5.67. The molecule has 1 aromatic rings. The molecule has 1 aromatic carbocycles. The van der Waals surface area contributed by atoms with E-state index in [0.29, 0.717) is 19.1 Å². The number of benzene rings is 1. The van der Waals surface area contributed by atoms with E-state index in [1.165, 1.54) is 0 Å². The maximum Gasteiger partial charge on any atom is 0.407 e. The van der Waals surface area contributed by atoms with Gasteiger partial charge in [-0.3, -0.25) is 0 Å². The summed E-state index contributed by atoms with van der Waals surface area (Å²) < 4.78 is 5.15. The van der Waals surface area contributed by atoms with Crippen LogP contribution in [0.15, 0.2) is 30.3 Å². The zero-order valence-electron chi connectivity index (χ0n) is 13.8. The van der Waals surface area contributed by atoms with E-state index in [0.717, 1.165) is 37.8 Å². The van der Waals surface area contributed by atoms with Crippen LogP contribution >= 0.6 is 0 Å². The number of rotatable bonds is 8. The quantitative estimate of drug-likeness (QED) is 0.644. The predicted molar refractivity (Wildman–Crippen MR) is 90.1 cm³/mol. The third-order valence-electron chi connectivity index (χ3n) is 4.37. The fourth-order valence-electron chi connectivity index (χ4n) is 2.88.